The van der Waals surface area contributed by atoms with Crippen molar-refractivity contribution in [2.45, 2.75) is 20.3 Å². The minimum Gasteiger partial charge on any atom is -0.354 e. The summed E-state index contributed by atoms with van der Waals surface area (Å²) in [4.78, 5) is 29.5. The van der Waals surface area contributed by atoms with E-state index < -0.39 is 11.7 Å². The smallest absolute Gasteiger partial charge is 0.294 e. The number of likely N-dealkylation sites (N-methyl/N-ethyl adjacent to an activating group) is 1. The number of ketones is 1. The van der Waals surface area contributed by atoms with Gasteiger partial charge in [0.05, 0.1) is 17.0 Å². The quantitative estimate of drug-likeness (QED) is 0.591. The zero-order valence-electron chi connectivity index (χ0n) is 14.1. The molecule has 0 fully saturated rings. The largest absolute Gasteiger partial charge is 0.354 e. The number of hydrogen-bond acceptors (Lipinski definition) is 4. The summed E-state index contributed by atoms with van der Waals surface area (Å²) in [6.07, 6.45) is 0.732. The molecular weight excluding hydrogens is 306 g/mol. The van der Waals surface area contributed by atoms with Gasteiger partial charge in [-0.15, -0.1) is 0 Å². The van der Waals surface area contributed by atoms with Gasteiger partial charge < -0.3 is 14.4 Å². The number of nitrogens with one attached hydrogen (secondary N) is 1. The zero-order valence-corrected chi connectivity index (χ0v) is 14.1. The number of nitrogens with zero attached hydrogens (tertiary/aromatic N) is 2. The number of H-pyrrole nitrogens is 1. The Morgan fingerprint density at radius 3 is 2.58 bits per heavy atom. The molecule has 0 aliphatic heterocycles. The molecule has 0 radical (unpaired) electrons. The predicted octanol–water partition coefficient (Wildman–Crippen LogP) is 2.96. The van der Waals surface area contributed by atoms with E-state index in [0.29, 0.717) is 22.4 Å². The summed E-state index contributed by atoms with van der Waals surface area (Å²) < 4.78 is 5.47. The molecule has 0 spiro atoms. The van der Waals surface area contributed by atoms with Crippen molar-refractivity contribution in [2.75, 3.05) is 14.1 Å². The highest BCUT2D eigenvalue weighted by Gasteiger charge is 2.29. The Labute approximate surface area is 139 Å². The maximum Gasteiger partial charge on any atom is 0.294 e. The minimum absolute atomic E-state index is 0.325. The monoisotopic (exact) mass is 325 g/mol. The van der Waals surface area contributed by atoms with Crippen molar-refractivity contribution in [2.24, 2.45) is 0 Å². The second kappa shape index (κ2) is 5.96. The normalized spacial score (nSPS) is 11.0. The molecule has 2 aromatic heterocycles. The van der Waals surface area contributed by atoms with E-state index >= 15 is 0 Å². The van der Waals surface area contributed by atoms with Gasteiger partial charge in [-0.3, -0.25) is 9.59 Å². The second-order valence-electron chi connectivity index (χ2n) is 5.89. The van der Waals surface area contributed by atoms with E-state index in [0.717, 1.165) is 23.2 Å². The number of benzene rings is 1. The van der Waals surface area contributed by atoms with E-state index in [2.05, 4.69) is 10.1 Å². The minimum atomic E-state index is -0.575. The second-order valence-corrected chi connectivity index (χ2v) is 5.89. The topological polar surface area (TPSA) is 79.2 Å². The third-order valence-corrected chi connectivity index (χ3v) is 4.12. The number of aromatic amines is 1. The van der Waals surface area contributed by atoms with Gasteiger partial charge in [-0.25, -0.2) is 0 Å². The number of aryl methyl sites for hydroxylation is 1. The van der Waals surface area contributed by atoms with Gasteiger partial charge in [0.15, 0.2) is 5.76 Å². The first-order valence-electron chi connectivity index (χ1n) is 7.77. The van der Waals surface area contributed by atoms with Crippen molar-refractivity contribution in [3.05, 3.63) is 41.1 Å². The van der Waals surface area contributed by atoms with Crippen LogP contribution in [0.25, 0.3) is 22.4 Å². The summed E-state index contributed by atoms with van der Waals surface area (Å²) in [6, 6.07) is 7.39. The fraction of sp³-hybridized carbons (Fsp3) is 0.278. The highest BCUT2D eigenvalue weighted by atomic mass is 16.5. The molecule has 0 aliphatic carbocycles. The summed E-state index contributed by atoms with van der Waals surface area (Å²) in [5.41, 5.74) is 3.31. The summed E-state index contributed by atoms with van der Waals surface area (Å²) >= 11 is 0. The molecule has 0 unspecified atom stereocenters. The molecule has 0 bridgehead atoms. The van der Waals surface area contributed by atoms with Crippen LogP contribution in [0, 0.1) is 6.92 Å². The van der Waals surface area contributed by atoms with Crippen LogP contribution in [0.1, 0.15) is 28.5 Å². The van der Waals surface area contributed by atoms with Crippen LogP contribution in [0.4, 0.5) is 0 Å². The zero-order chi connectivity index (χ0) is 17.4. The summed E-state index contributed by atoms with van der Waals surface area (Å²) in [5, 5.41) is 4.76. The number of Topliss-reactive ketones (excluding diaryl/α,β-unsaturated/α-hetero) is 1. The van der Waals surface area contributed by atoms with Crippen molar-refractivity contribution in [1.29, 1.82) is 0 Å². The van der Waals surface area contributed by atoms with E-state index in [1.165, 1.54) is 4.90 Å². The maximum absolute atomic E-state index is 12.8. The fourth-order valence-electron chi connectivity index (χ4n) is 2.79. The number of carbonyl (C=O) groups is 2. The van der Waals surface area contributed by atoms with Crippen LogP contribution in [0.3, 0.4) is 0 Å². The Bertz CT molecular complexity index is 934. The van der Waals surface area contributed by atoms with Gasteiger partial charge in [0.25, 0.3) is 11.7 Å². The average Bonchev–Trinajstić information content (AvgIpc) is 3.13. The number of rotatable bonds is 4. The van der Waals surface area contributed by atoms with Crippen LogP contribution >= 0.6 is 0 Å². The standard InChI is InChI=1S/C18H19N3O3/c1-5-12-10(2)17(24-20-12)15-14(16(22)18(23)21(3)4)11-8-6-7-9-13(11)19-15/h6-9,19H,5H2,1-4H3. The summed E-state index contributed by atoms with van der Waals surface area (Å²) in [5.74, 6) is -0.645. The Morgan fingerprint density at radius 2 is 1.96 bits per heavy atom. The molecule has 0 atom stereocenters. The fourth-order valence-corrected chi connectivity index (χ4v) is 2.79. The Hall–Kier alpha value is -2.89. The molecule has 6 heteroatoms. The van der Waals surface area contributed by atoms with Gasteiger partial charge in [0.2, 0.25) is 0 Å². The molecule has 3 rings (SSSR count). The third-order valence-electron chi connectivity index (χ3n) is 4.12. The average molecular weight is 325 g/mol. The molecular formula is C18H19N3O3. The molecule has 124 valence electrons. The van der Waals surface area contributed by atoms with Gasteiger partial charge in [-0.1, -0.05) is 30.3 Å². The van der Waals surface area contributed by atoms with Crippen LogP contribution in [-0.2, 0) is 11.2 Å². The summed E-state index contributed by atoms with van der Waals surface area (Å²) in [6.45, 7) is 3.89. The first-order valence-corrected chi connectivity index (χ1v) is 7.77. The van der Waals surface area contributed by atoms with Crippen molar-refractivity contribution in [3.8, 4) is 11.5 Å². The van der Waals surface area contributed by atoms with E-state index in [-0.39, 0.29) is 0 Å². The van der Waals surface area contributed by atoms with Gasteiger partial charge in [-0.2, -0.15) is 0 Å². The van der Waals surface area contributed by atoms with Gasteiger partial charge >= 0.3 is 0 Å². The highest BCUT2D eigenvalue weighted by molar-refractivity contribution is 6.46. The number of aromatic nitrogens is 2. The SMILES string of the molecule is CCc1noc(-c2[nH]c3ccccc3c2C(=O)C(=O)N(C)C)c1C. The molecule has 24 heavy (non-hydrogen) atoms. The Balaban J connectivity index is 2.28. The summed E-state index contributed by atoms with van der Waals surface area (Å²) in [7, 11) is 3.12. The van der Waals surface area contributed by atoms with Crippen LogP contribution in [-0.4, -0.2) is 40.8 Å². The van der Waals surface area contributed by atoms with Crippen molar-refractivity contribution < 1.29 is 14.1 Å². The van der Waals surface area contributed by atoms with E-state index in [4.69, 9.17) is 4.52 Å². The molecule has 2 heterocycles. The molecule has 3 aromatic rings. The number of amides is 1. The molecule has 0 saturated heterocycles. The Kier molecular flexibility index (Phi) is 3.97. The van der Waals surface area contributed by atoms with Crippen molar-refractivity contribution in [3.63, 3.8) is 0 Å². The first kappa shape index (κ1) is 16.0. The van der Waals surface area contributed by atoms with Gasteiger partial charge in [0, 0.05) is 30.6 Å². The third kappa shape index (κ3) is 2.40. The van der Waals surface area contributed by atoms with Crippen LogP contribution in [0.5, 0.6) is 0 Å². The number of carbonyl (C=O) groups excluding carboxylic acids is 2. The van der Waals surface area contributed by atoms with Crippen molar-refractivity contribution >= 4 is 22.6 Å². The maximum atomic E-state index is 12.8. The van der Waals surface area contributed by atoms with E-state index in [9.17, 15) is 9.59 Å². The molecule has 6 nitrogen and oxygen atoms in total. The lowest BCUT2D eigenvalue weighted by atomic mass is 10.0. The lowest BCUT2D eigenvalue weighted by molar-refractivity contribution is -0.124. The molecule has 1 N–H and O–H groups in total. The number of hydrogen-bond donors (Lipinski definition) is 1. The van der Waals surface area contributed by atoms with E-state index in [1.54, 1.807) is 14.1 Å². The van der Waals surface area contributed by atoms with Crippen LogP contribution < -0.4 is 0 Å². The van der Waals surface area contributed by atoms with E-state index in [1.807, 2.05) is 38.1 Å². The first-order chi connectivity index (χ1) is 11.5. The molecule has 0 aliphatic rings. The Morgan fingerprint density at radius 1 is 1.25 bits per heavy atom. The highest BCUT2D eigenvalue weighted by Crippen LogP contribution is 2.33. The molecule has 1 amide bonds. The number of fused-ring (bicyclic) bond motifs is 1. The predicted molar refractivity (Wildman–Crippen MR) is 90.9 cm³/mol. The van der Waals surface area contributed by atoms with Gasteiger partial charge in [-0.05, 0) is 19.4 Å². The van der Waals surface area contributed by atoms with Gasteiger partial charge in [0.1, 0.15) is 0 Å². The lowest BCUT2D eigenvalue weighted by Gasteiger charge is -2.09. The molecule has 0 saturated carbocycles. The molecule has 1 aromatic carbocycles. The van der Waals surface area contributed by atoms with Crippen molar-refractivity contribution in [1.82, 2.24) is 15.0 Å². The number of para-hydroxylation sites is 1. The van der Waals surface area contributed by atoms with Crippen LogP contribution in [0.2, 0.25) is 0 Å². The lowest BCUT2D eigenvalue weighted by Crippen LogP contribution is -2.30. The van der Waals surface area contributed by atoms with Crippen LogP contribution in [0.15, 0.2) is 28.8 Å².